The van der Waals surface area contributed by atoms with Gasteiger partial charge in [-0.25, -0.2) is 0 Å². The van der Waals surface area contributed by atoms with Crippen LogP contribution in [0.1, 0.15) is 25.0 Å². The number of ether oxygens (including phenoxy) is 2. The summed E-state index contributed by atoms with van der Waals surface area (Å²) < 4.78 is 49.5. The smallest absolute Gasteiger partial charge is 0.416 e. The molecule has 0 bridgehead atoms. The molecule has 0 saturated carbocycles. The largest absolute Gasteiger partial charge is 0.490 e. The van der Waals surface area contributed by atoms with E-state index < -0.39 is 17.6 Å². The molecule has 0 unspecified atom stereocenters. The molecule has 0 heterocycles. The lowest BCUT2D eigenvalue weighted by Crippen LogP contribution is -2.18. The number of nitrogens with zero attached hydrogens (tertiary/aromatic N) is 1. The second-order valence-corrected chi connectivity index (χ2v) is 6.55. The Morgan fingerprint density at radius 3 is 2.47 bits per heavy atom. The van der Waals surface area contributed by atoms with Crippen LogP contribution in [0, 0.1) is 11.3 Å². The van der Waals surface area contributed by atoms with Gasteiger partial charge in [-0.15, -0.1) is 0 Å². The molecule has 0 aliphatic rings. The zero-order chi connectivity index (χ0) is 23.6. The van der Waals surface area contributed by atoms with Crippen molar-refractivity contribution in [3.63, 3.8) is 0 Å². The summed E-state index contributed by atoms with van der Waals surface area (Å²) in [6, 6.07) is 11.5. The average molecular weight is 447 g/mol. The van der Waals surface area contributed by atoms with Crippen LogP contribution in [-0.4, -0.2) is 25.7 Å². The molecule has 1 amide bonds. The van der Waals surface area contributed by atoms with Gasteiger partial charge in [0.25, 0.3) is 5.91 Å². The number of alkyl halides is 3. The van der Waals surface area contributed by atoms with Gasteiger partial charge in [0.05, 0.1) is 18.8 Å². The number of halogens is 3. The molecule has 32 heavy (non-hydrogen) atoms. The molecule has 2 aromatic carbocycles. The van der Waals surface area contributed by atoms with Gasteiger partial charge in [-0.2, -0.15) is 18.4 Å². The van der Waals surface area contributed by atoms with Crippen molar-refractivity contribution < 1.29 is 27.4 Å². The van der Waals surface area contributed by atoms with Crippen LogP contribution in [0.2, 0.25) is 0 Å². The highest BCUT2D eigenvalue weighted by Gasteiger charge is 2.30. The third-order valence-corrected chi connectivity index (χ3v) is 4.23. The minimum atomic E-state index is -4.53. The molecule has 0 atom stereocenters. The molecule has 0 aromatic heterocycles. The van der Waals surface area contributed by atoms with E-state index in [9.17, 15) is 23.2 Å². The fraction of sp³-hybridized carbons (Fsp3) is 0.304. The monoisotopic (exact) mass is 447 g/mol. The molecular formula is C23H24F3N3O3. The number of carbonyl (C=O) groups excluding carboxylic acids is 1. The molecule has 6 nitrogen and oxygen atoms in total. The van der Waals surface area contributed by atoms with Crippen molar-refractivity contribution >= 4 is 11.6 Å². The molecule has 0 aliphatic carbocycles. The van der Waals surface area contributed by atoms with E-state index in [4.69, 9.17) is 9.47 Å². The van der Waals surface area contributed by atoms with Crippen molar-refractivity contribution in [2.45, 2.75) is 26.4 Å². The molecule has 0 saturated heterocycles. The van der Waals surface area contributed by atoms with Gasteiger partial charge in [0, 0.05) is 18.4 Å². The number of nitrogens with one attached hydrogen (secondary N) is 2. The number of amides is 1. The van der Waals surface area contributed by atoms with Crippen LogP contribution in [0.3, 0.4) is 0 Å². The van der Waals surface area contributed by atoms with Gasteiger partial charge in [-0.05, 0) is 56.2 Å². The Labute approximate surface area is 184 Å². The van der Waals surface area contributed by atoms with E-state index in [0.29, 0.717) is 37.7 Å². The number of rotatable bonds is 10. The second kappa shape index (κ2) is 11.6. The van der Waals surface area contributed by atoms with Crippen LogP contribution in [0.5, 0.6) is 11.5 Å². The van der Waals surface area contributed by atoms with Gasteiger partial charge in [-0.1, -0.05) is 12.1 Å². The number of benzene rings is 2. The molecule has 0 fully saturated rings. The lowest BCUT2D eigenvalue weighted by atomic mass is 10.1. The summed E-state index contributed by atoms with van der Waals surface area (Å²) in [5, 5.41) is 14.4. The van der Waals surface area contributed by atoms with Crippen LogP contribution >= 0.6 is 0 Å². The van der Waals surface area contributed by atoms with Gasteiger partial charge in [0.1, 0.15) is 11.6 Å². The van der Waals surface area contributed by atoms with Crippen LogP contribution < -0.4 is 20.1 Å². The van der Waals surface area contributed by atoms with Crippen LogP contribution in [-0.2, 0) is 17.4 Å². The molecule has 0 radical (unpaired) electrons. The molecule has 0 spiro atoms. The highest BCUT2D eigenvalue weighted by atomic mass is 19.4. The van der Waals surface area contributed by atoms with Gasteiger partial charge < -0.3 is 20.1 Å². The first-order chi connectivity index (χ1) is 15.3. The van der Waals surface area contributed by atoms with E-state index in [0.717, 1.165) is 17.7 Å². The van der Waals surface area contributed by atoms with Crippen molar-refractivity contribution in [3.8, 4) is 17.6 Å². The predicted molar refractivity (Wildman–Crippen MR) is 114 cm³/mol. The minimum absolute atomic E-state index is 0.0520. The number of hydrogen-bond acceptors (Lipinski definition) is 5. The molecule has 9 heteroatoms. The summed E-state index contributed by atoms with van der Waals surface area (Å²) in [7, 11) is 0. The molecule has 2 N–H and O–H groups in total. The molecule has 2 aromatic rings. The molecular weight excluding hydrogens is 423 g/mol. The number of anilines is 1. The maximum atomic E-state index is 12.8. The minimum Gasteiger partial charge on any atom is -0.490 e. The fourth-order valence-corrected chi connectivity index (χ4v) is 2.76. The summed E-state index contributed by atoms with van der Waals surface area (Å²) >= 11 is 0. The molecule has 2 rings (SSSR count). The summed E-state index contributed by atoms with van der Waals surface area (Å²) in [6.45, 7) is 5.20. The Hall–Kier alpha value is -3.67. The summed E-state index contributed by atoms with van der Waals surface area (Å²) in [6.07, 6.45) is -2.71. The number of hydrogen-bond donors (Lipinski definition) is 2. The first-order valence-electron chi connectivity index (χ1n) is 9.99. The van der Waals surface area contributed by atoms with Crippen molar-refractivity contribution in [1.82, 2.24) is 5.32 Å². The zero-order valence-corrected chi connectivity index (χ0v) is 17.8. The zero-order valence-electron chi connectivity index (χ0n) is 17.8. The Kier molecular flexibility index (Phi) is 8.95. The van der Waals surface area contributed by atoms with Crippen LogP contribution in [0.25, 0.3) is 0 Å². The first kappa shape index (κ1) is 24.6. The summed E-state index contributed by atoms with van der Waals surface area (Å²) in [5.74, 6) is 0.489. The van der Waals surface area contributed by atoms with Gasteiger partial charge in [0.2, 0.25) is 0 Å². The van der Waals surface area contributed by atoms with Gasteiger partial charge in [0.15, 0.2) is 11.5 Å². The number of nitriles is 1. The van der Waals surface area contributed by atoms with Crippen molar-refractivity contribution in [2.75, 3.05) is 25.1 Å². The van der Waals surface area contributed by atoms with Gasteiger partial charge in [-0.3, -0.25) is 4.79 Å². The normalized spacial score (nSPS) is 11.4. The highest BCUT2D eigenvalue weighted by molar-refractivity contribution is 6.06. The first-order valence-corrected chi connectivity index (χ1v) is 9.99. The third-order valence-electron chi connectivity index (χ3n) is 4.23. The van der Waals surface area contributed by atoms with Crippen LogP contribution in [0.15, 0.2) is 54.2 Å². The summed E-state index contributed by atoms with van der Waals surface area (Å²) in [4.78, 5) is 12.2. The SMILES string of the molecule is CCOc1ccc(CCN/C=C(/C#N)C(=O)Nc2cccc(C(F)(F)F)c2)cc1OCC. The Balaban J connectivity index is 1.96. The van der Waals surface area contributed by atoms with E-state index >= 15 is 0 Å². The molecule has 0 aliphatic heterocycles. The van der Waals surface area contributed by atoms with Crippen LogP contribution in [0.4, 0.5) is 18.9 Å². The van der Waals surface area contributed by atoms with E-state index in [1.807, 2.05) is 32.0 Å². The lowest BCUT2D eigenvalue weighted by Gasteiger charge is -2.12. The maximum Gasteiger partial charge on any atom is 0.416 e. The summed E-state index contributed by atoms with van der Waals surface area (Å²) in [5.41, 5.74) is -0.240. The highest BCUT2D eigenvalue weighted by Crippen LogP contribution is 2.31. The van der Waals surface area contributed by atoms with Crippen molar-refractivity contribution in [2.24, 2.45) is 0 Å². The van der Waals surface area contributed by atoms with E-state index in [2.05, 4.69) is 10.6 Å². The quantitative estimate of drug-likeness (QED) is 0.314. The van der Waals surface area contributed by atoms with E-state index in [1.54, 1.807) is 6.07 Å². The Morgan fingerprint density at radius 2 is 1.81 bits per heavy atom. The van der Waals surface area contributed by atoms with E-state index in [-0.39, 0.29) is 11.3 Å². The lowest BCUT2D eigenvalue weighted by molar-refractivity contribution is -0.137. The fourth-order valence-electron chi connectivity index (χ4n) is 2.76. The topological polar surface area (TPSA) is 83.4 Å². The number of carbonyl (C=O) groups is 1. The van der Waals surface area contributed by atoms with Gasteiger partial charge >= 0.3 is 6.18 Å². The second-order valence-electron chi connectivity index (χ2n) is 6.55. The maximum absolute atomic E-state index is 12.8. The average Bonchev–Trinajstić information content (AvgIpc) is 2.75. The third kappa shape index (κ3) is 7.23. The van der Waals surface area contributed by atoms with Crippen molar-refractivity contribution in [1.29, 1.82) is 5.26 Å². The van der Waals surface area contributed by atoms with Crippen molar-refractivity contribution in [3.05, 3.63) is 65.4 Å². The standard InChI is InChI=1S/C23H24F3N3O3/c1-3-31-20-9-8-16(12-21(20)32-4-2)10-11-28-15-17(14-27)22(30)29-19-7-5-6-18(13-19)23(24,25)26/h5-9,12-13,15,28H,3-4,10-11H2,1-2H3,(H,29,30)/b17-15-. The Morgan fingerprint density at radius 1 is 1.09 bits per heavy atom. The predicted octanol–water partition coefficient (Wildman–Crippen LogP) is 4.68. The van der Waals surface area contributed by atoms with E-state index in [1.165, 1.54) is 18.3 Å². The Bertz CT molecular complexity index is 998. The molecule has 170 valence electrons.